The average Bonchev–Trinajstić information content (AvgIpc) is 2.84. The number of rotatable bonds is 1. The molecular formula is C12H20N2O2. The summed E-state index contributed by atoms with van der Waals surface area (Å²) >= 11 is 0. The third-order valence-corrected chi connectivity index (χ3v) is 4.11. The van der Waals surface area contributed by atoms with Crippen LogP contribution in [0.1, 0.15) is 32.1 Å². The molecule has 0 aromatic carbocycles. The monoisotopic (exact) mass is 224 g/mol. The number of hydrogen-bond acceptors (Lipinski definition) is 3. The van der Waals surface area contributed by atoms with Crippen LogP contribution in [0.25, 0.3) is 0 Å². The van der Waals surface area contributed by atoms with E-state index in [1.807, 2.05) is 0 Å². The van der Waals surface area contributed by atoms with Crippen LogP contribution < -0.4 is 5.32 Å². The minimum atomic E-state index is -0.138. The van der Waals surface area contributed by atoms with Crippen LogP contribution in [0.15, 0.2) is 0 Å². The van der Waals surface area contributed by atoms with Gasteiger partial charge in [0, 0.05) is 25.2 Å². The summed E-state index contributed by atoms with van der Waals surface area (Å²) in [6.07, 6.45) is 5.27. The summed E-state index contributed by atoms with van der Waals surface area (Å²) in [7, 11) is 0. The van der Waals surface area contributed by atoms with Gasteiger partial charge in [0.2, 0.25) is 0 Å². The molecule has 0 spiro atoms. The summed E-state index contributed by atoms with van der Waals surface area (Å²) in [5.74, 6) is 0.258. The lowest BCUT2D eigenvalue weighted by atomic mass is 10.1. The first kappa shape index (κ1) is 10.5. The fraction of sp³-hybridized carbons (Fsp3) is 0.917. The van der Waals surface area contributed by atoms with Crippen LogP contribution >= 0.6 is 0 Å². The van der Waals surface area contributed by atoms with Crippen molar-refractivity contribution in [3.05, 3.63) is 0 Å². The van der Waals surface area contributed by atoms with Crippen LogP contribution in [0.2, 0.25) is 0 Å². The Hall–Kier alpha value is -0.610. The Labute approximate surface area is 96.3 Å². The van der Waals surface area contributed by atoms with Gasteiger partial charge in [-0.3, -0.25) is 4.79 Å². The molecule has 4 nitrogen and oxygen atoms in total. The largest absolute Gasteiger partial charge is 0.368 e. The molecule has 16 heavy (non-hydrogen) atoms. The molecule has 1 N–H and O–H groups in total. The van der Waals surface area contributed by atoms with Gasteiger partial charge >= 0.3 is 0 Å². The van der Waals surface area contributed by atoms with E-state index in [2.05, 4.69) is 10.2 Å². The Balaban J connectivity index is 1.74. The minimum Gasteiger partial charge on any atom is -0.368 e. The predicted octanol–water partition coefficient (Wildman–Crippen LogP) is 0.518. The van der Waals surface area contributed by atoms with E-state index in [0.29, 0.717) is 12.1 Å². The molecule has 0 aromatic heterocycles. The highest BCUT2D eigenvalue weighted by Crippen LogP contribution is 2.30. The van der Waals surface area contributed by atoms with Gasteiger partial charge in [-0.1, -0.05) is 0 Å². The maximum Gasteiger partial charge on any atom is 0.252 e. The Morgan fingerprint density at radius 1 is 1.19 bits per heavy atom. The summed E-state index contributed by atoms with van der Waals surface area (Å²) in [5.41, 5.74) is 0. The van der Waals surface area contributed by atoms with E-state index >= 15 is 0 Å². The molecule has 3 unspecified atom stereocenters. The second-order valence-corrected chi connectivity index (χ2v) is 5.12. The van der Waals surface area contributed by atoms with E-state index < -0.39 is 0 Å². The second-order valence-electron chi connectivity index (χ2n) is 5.12. The molecule has 1 amide bonds. The lowest BCUT2D eigenvalue weighted by Gasteiger charge is -2.30. The van der Waals surface area contributed by atoms with Crippen LogP contribution in [0.5, 0.6) is 0 Å². The van der Waals surface area contributed by atoms with Crippen LogP contribution in [0, 0.1) is 0 Å². The highest BCUT2D eigenvalue weighted by Gasteiger charge is 2.41. The molecule has 4 heteroatoms. The molecule has 2 bridgehead atoms. The van der Waals surface area contributed by atoms with Crippen molar-refractivity contribution in [2.75, 3.05) is 19.7 Å². The average molecular weight is 224 g/mol. The fourth-order valence-corrected chi connectivity index (χ4v) is 3.28. The fourth-order valence-electron chi connectivity index (χ4n) is 3.28. The third kappa shape index (κ3) is 1.74. The summed E-state index contributed by atoms with van der Waals surface area (Å²) in [6, 6.07) is 0.890. The number of nitrogens with zero attached hydrogens (tertiary/aromatic N) is 1. The standard InChI is InChI=1S/C12H20N2O2/c15-12(11-2-1-7-16-11)14-9-3-4-10(14)8-13-6-5-9/h9-11,13H,1-8H2. The maximum atomic E-state index is 12.4. The lowest BCUT2D eigenvalue weighted by molar-refractivity contribution is -0.143. The molecule has 90 valence electrons. The Kier molecular flexibility index (Phi) is 2.86. The molecule has 0 aromatic rings. The number of carbonyl (C=O) groups is 1. The highest BCUT2D eigenvalue weighted by molar-refractivity contribution is 5.82. The lowest BCUT2D eigenvalue weighted by Crippen LogP contribution is -2.47. The van der Waals surface area contributed by atoms with E-state index in [1.165, 1.54) is 6.42 Å². The van der Waals surface area contributed by atoms with Gasteiger partial charge in [-0.25, -0.2) is 0 Å². The first-order valence-electron chi connectivity index (χ1n) is 6.51. The normalized spacial score (nSPS) is 38.8. The summed E-state index contributed by atoms with van der Waals surface area (Å²) < 4.78 is 5.52. The third-order valence-electron chi connectivity index (χ3n) is 4.11. The zero-order chi connectivity index (χ0) is 11.0. The first-order chi connectivity index (χ1) is 7.86. The predicted molar refractivity (Wildman–Crippen MR) is 60.1 cm³/mol. The van der Waals surface area contributed by atoms with Crippen molar-refractivity contribution in [1.82, 2.24) is 10.2 Å². The van der Waals surface area contributed by atoms with Crippen molar-refractivity contribution in [2.24, 2.45) is 0 Å². The van der Waals surface area contributed by atoms with Gasteiger partial charge in [-0.05, 0) is 38.6 Å². The second kappa shape index (κ2) is 4.34. The van der Waals surface area contributed by atoms with Gasteiger partial charge in [0.05, 0.1) is 0 Å². The number of amides is 1. The van der Waals surface area contributed by atoms with Gasteiger partial charge in [-0.2, -0.15) is 0 Å². The van der Waals surface area contributed by atoms with E-state index in [4.69, 9.17) is 4.74 Å². The van der Waals surface area contributed by atoms with Crippen LogP contribution in [0.3, 0.4) is 0 Å². The first-order valence-corrected chi connectivity index (χ1v) is 6.51. The molecule has 3 atom stereocenters. The molecule has 0 radical (unpaired) electrons. The molecular weight excluding hydrogens is 204 g/mol. The van der Waals surface area contributed by atoms with Gasteiger partial charge in [0.1, 0.15) is 6.10 Å². The zero-order valence-electron chi connectivity index (χ0n) is 9.65. The molecule has 3 aliphatic rings. The van der Waals surface area contributed by atoms with E-state index in [0.717, 1.165) is 45.4 Å². The molecule has 3 saturated heterocycles. The van der Waals surface area contributed by atoms with Crippen LogP contribution in [0.4, 0.5) is 0 Å². The summed E-state index contributed by atoms with van der Waals surface area (Å²) in [6.45, 7) is 2.78. The smallest absolute Gasteiger partial charge is 0.252 e. The Bertz CT molecular complexity index is 262. The van der Waals surface area contributed by atoms with Crippen LogP contribution in [-0.2, 0) is 9.53 Å². The van der Waals surface area contributed by atoms with E-state index in [-0.39, 0.29) is 12.0 Å². The van der Waals surface area contributed by atoms with Crippen molar-refractivity contribution in [3.63, 3.8) is 0 Å². The molecule has 3 aliphatic heterocycles. The minimum absolute atomic E-state index is 0.138. The number of hydrogen-bond donors (Lipinski definition) is 1. The van der Waals surface area contributed by atoms with Crippen molar-refractivity contribution < 1.29 is 9.53 Å². The quantitative estimate of drug-likeness (QED) is 0.706. The summed E-state index contributed by atoms with van der Waals surface area (Å²) in [5, 5.41) is 3.42. The van der Waals surface area contributed by atoms with Gasteiger partial charge < -0.3 is 15.0 Å². The van der Waals surface area contributed by atoms with E-state index in [1.54, 1.807) is 0 Å². The van der Waals surface area contributed by atoms with Gasteiger partial charge in [0.15, 0.2) is 0 Å². The number of ether oxygens (including phenoxy) is 1. The van der Waals surface area contributed by atoms with Gasteiger partial charge in [0.25, 0.3) is 5.91 Å². The topological polar surface area (TPSA) is 41.6 Å². The zero-order valence-corrected chi connectivity index (χ0v) is 9.65. The highest BCUT2D eigenvalue weighted by atomic mass is 16.5. The van der Waals surface area contributed by atoms with Crippen molar-refractivity contribution in [3.8, 4) is 0 Å². The summed E-state index contributed by atoms with van der Waals surface area (Å²) in [4.78, 5) is 14.5. The van der Waals surface area contributed by atoms with Gasteiger partial charge in [-0.15, -0.1) is 0 Å². The van der Waals surface area contributed by atoms with Crippen LogP contribution in [-0.4, -0.2) is 48.7 Å². The van der Waals surface area contributed by atoms with Crippen molar-refractivity contribution in [2.45, 2.75) is 50.3 Å². The molecule has 0 aliphatic carbocycles. The molecule has 0 saturated carbocycles. The maximum absolute atomic E-state index is 12.4. The Morgan fingerprint density at radius 3 is 2.88 bits per heavy atom. The SMILES string of the molecule is O=C(C1CCCO1)N1C2CCNCC1CC2. The molecule has 3 rings (SSSR count). The number of carbonyl (C=O) groups excluding carboxylic acids is 1. The number of nitrogens with one attached hydrogen (secondary N) is 1. The Morgan fingerprint density at radius 2 is 2.06 bits per heavy atom. The number of fused-ring (bicyclic) bond motifs is 2. The van der Waals surface area contributed by atoms with E-state index in [9.17, 15) is 4.79 Å². The van der Waals surface area contributed by atoms with Crippen molar-refractivity contribution >= 4 is 5.91 Å². The molecule has 3 fully saturated rings. The van der Waals surface area contributed by atoms with Crippen molar-refractivity contribution in [1.29, 1.82) is 0 Å². The molecule has 3 heterocycles.